The number of hydrogen-bond donors (Lipinski definition) is 1. The highest BCUT2D eigenvalue weighted by atomic mass is 16.5. The predicted molar refractivity (Wildman–Crippen MR) is 116 cm³/mol. The fraction of sp³-hybridized carbons (Fsp3) is 0.522. The van der Waals surface area contributed by atoms with Crippen molar-refractivity contribution in [2.75, 3.05) is 38.8 Å². The lowest BCUT2D eigenvalue weighted by Crippen LogP contribution is -2.33. The molecule has 5 rings (SSSR count). The molecular weight excluding hydrogens is 380 g/mol. The summed E-state index contributed by atoms with van der Waals surface area (Å²) < 4.78 is 11.0. The smallest absolute Gasteiger partial charge is 0.255 e. The molecule has 1 atom stereocenters. The van der Waals surface area contributed by atoms with Crippen LogP contribution in [0.4, 0.5) is 5.95 Å². The molecule has 1 aromatic carbocycles. The molecule has 30 heavy (non-hydrogen) atoms. The minimum atomic E-state index is 0.00976. The summed E-state index contributed by atoms with van der Waals surface area (Å²) in [6.07, 6.45) is 5.67. The third kappa shape index (κ3) is 3.26. The number of nitrogens with one attached hydrogen (secondary N) is 1. The van der Waals surface area contributed by atoms with Crippen LogP contribution in [0.5, 0.6) is 11.5 Å². The largest absolute Gasteiger partial charge is 0.493 e. The van der Waals surface area contributed by atoms with Gasteiger partial charge in [-0.1, -0.05) is 0 Å². The molecule has 1 unspecified atom stereocenters. The van der Waals surface area contributed by atoms with Crippen molar-refractivity contribution in [3.63, 3.8) is 0 Å². The van der Waals surface area contributed by atoms with Crippen LogP contribution < -0.4 is 19.9 Å². The van der Waals surface area contributed by atoms with E-state index in [1.165, 1.54) is 5.56 Å². The van der Waals surface area contributed by atoms with E-state index in [2.05, 4.69) is 16.0 Å². The summed E-state index contributed by atoms with van der Waals surface area (Å²) in [7, 11) is 3.32. The monoisotopic (exact) mass is 408 g/mol. The van der Waals surface area contributed by atoms with Gasteiger partial charge in [-0.25, -0.2) is 4.98 Å². The van der Waals surface area contributed by atoms with Gasteiger partial charge >= 0.3 is 0 Å². The number of anilines is 1. The Labute approximate surface area is 176 Å². The Morgan fingerprint density at radius 1 is 1.10 bits per heavy atom. The van der Waals surface area contributed by atoms with E-state index in [-0.39, 0.29) is 11.5 Å². The van der Waals surface area contributed by atoms with Crippen LogP contribution in [0, 0.1) is 5.92 Å². The Morgan fingerprint density at radius 2 is 1.87 bits per heavy atom. The van der Waals surface area contributed by atoms with Gasteiger partial charge in [0.2, 0.25) is 5.95 Å². The second kappa shape index (κ2) is 7.78. The van der Waals surface area contributed by atoms with Crippen LogP contribution in [0.3, 0.4) is 0 Å². The first kappa shape index (κ1) is 19.2. The molecule has 0 spiro atoms. The van der Waals surface area contributed by atoms with Crippen LogP contribution in [-0.4, -0.2) is 49.5 Å². The van der Waals surface area contributed by atoms with Crippen molar-refractivity contribution in [2.24, 2.45) is 10.9 Å². The lowest BCUT2D eigenvalue weighted by molar-refractivity contribution is 0.354. The zero-order valence-electron chi connectivity index (χ0n) is 17.7. The maximum atomic E-state index is 12.9. The number of benzene rings is 1. The summed E-state index contributed by atoms with van der Waals surface area (Å²) in [6.45, 7) is 2.72. The molecule has 0 saturated carbocycles. The summed E-state index contributed by atoms with van der Waals surface area (Å²) in [4.78, 5) is 27.8. The highest BCUT2D eigenvalue weighted by Gasteiger charge is 2.31. The molecule has 3 heterocycles. The molecule has 1 fully saturated rings. The van der Waals surface area contributed by atoms with E-state index in [1.54, 1.807) is 14.2 Å². The Morgan fingerprint density at radius 3 is 2.63 bits per heavy atom. The van der Waals surface area contributed by atoms with Crippen molar-refractivity contribution in [3.8, 4) is 11.5 Å². The average Bonchev–Trinajstić information content (AvgIpc) is 3.32. The molecule has 3 aliphatic rings. The SMILES string of the molecule is COc1cc2c(cc1OC)C(C1CCc3nc(N4CCCC4)[nH]c(=O)c3C1)=NCC2. The maximum absolute atomic E-state index is 12.9. The van der Waals surface area contributed by atoms with E-state index in [1.807, 2.05) is 6.07 Å². The molecule has 0 radical (unpaired) electrons. The second-order valence-electron chi connectivity index (χ2n) is 8.33. The Bertz CT molecular complexity index is 1050. The first-order valence-corrected chi connectivity index (χ1v) is 10.8. The fourth-order valence-electron chi connectivity index (χ4n) is 5.02. The summed E-state index contributed by atoms with van der Waals surface area (Å²) in [5.41, 5.74) is 5.25. The van der Waals surface area contributed by atoms with Gasteiger partial charge in [0.05, 0.1) is 19.9 Å². The van der Waals surface area contributed by atoms with E-state index in [9.17, 15) is 4.79 Å². The molecular formula is C23H28N4O3. The topological polar surface area (TPSA) is 79.8 Å². The summed E-state index contributed by atoms with van der Waals surface area (Å²) >= 11 is 0. The highest BCUT2D eigenvalue weighted by molar-refractivity contribution is 6.05. The van der Waals surface area contributed by atoms with Crippen molar-refractivity contribution in [1.29, 1.82) is 0 Å². The summed E-state index contributed by atoms with van der Waals surface area (Å²) in [5, 5.41) is 0. The molecule has 1 aromatic heterocycles. The first-order valence-electron chi connectivity index (χ1n) is 10.8. The number of ether oxygens (including phenoxy) is 2. The molecule has 7 nitrogen and oxygen atoms in total. The lowest BCUT2D eigenvalue weighted by Gasteiger charge is -2.29. The van der Waals surface area contributed by atoms with E-state index < -0.39 is 0 Å². The fourth-order valence-corrected chi connectivity index (χ4v) is 5.02. The number of nitrogens with zero attached hydrogens (tertiary/aromatic N) is 3. The normalized spacial score (nSPS) is 20.4. The standard InChI is InChI=1S/C23H28N4O3/c1-29-19-12-14-7-8-24-21(16(14)13-20(19)30-2)15-5-6-18-17(11-15)22(28)26-23(25-18)27-9-3-4-10-27/h12-13,15H,3-11H2,1-2H3,(H,25,26,28). The number of methoxy groups -OCH3 is 2. The van der Waals surface area contributed by atoms with Gasteiger partial charge in [0.25, 0.3) is 5.56 Å². The molecule has 2 aliphatic heterocycles. The van der Waals surface area contributed by atoms with Crippen molar-refractivity contribution >= 4 is 11.7 Å². The molecule has 1 N–H and O–H groups in total. The van der Waals surface area contributed by atoms with E-state index >= 15 is 0 Å². The Balaban J connectivity index is 1.46. The molecule has 1 aliphatic carbocycles. The van der Waals surface area contributed by atoms with Gasteiger partial charge in [-0.15, -0.1) is 0 Å². The number of aromatic nitrogens is 2. The summed E-state index contributed by atoms with van der Waals surface area (Å²) in [6, 6.07) is 4.11. The zero-order chi connectivity index (χ0) is 20.7. The quantitative estimate of drug-likeness (QED) is 0.841. The molecule has 158 valence electrons. The van der Waals surface area contributed by atoms with Crippen molar-refractivity contribution in [1.82, 2.24) is 9.97 Å². The number of hydrogen-bond acceptors (Lipinski definition) is 6. The van der Waals surface area contributed by atoms with Crippen LogP contribution in [0.15, 0.2) is 21.9 Å². The predicted octanol–water partition coefficient (Wildman–Crippen LogP) is 2.54. The van der Waals surface area contributed by atoms with Crippen molar-refractivity contribution < 1.29 is 9.47 Å². The van der Waals surface area contributed by atoms with Gasteiger partial charge in [-0.2, -0.15) is 0 Å². The van der Waals surface area contributed by atoms with Crippen LogP contribution in [-0.2, 0) is 19.3 Å². The number of aryl methyl sites for hydroxylation is 1. The van der Waals surface area contributed by atoms with Gasteiger partial charge in [-0.05, 0) is 56.2 Å². The van der Waals surface area contributed by atoms with E-state index in [4.69, 9.17) is 19.5 Å². The van der Waals surface area contributed by atoms with Crippen LogP contribution in [0.1, 0.15) is 41.6 Å². The molecule has 7 heteroatoms. The average molecular weight is 409 g/mol. The van der Waals surface area contributed by atoms with Gasteiger partial charge in [0, 0.05) is 42.4 Å². The van der Waals surface area contributed by atoms with Crippen LogP contribution >= 0.6 is 0 Å². The van der Waals surface area contributed by atoms with Crippen molar-refractivity contribution in [2.45, 2.75) is 38.5 Å². The van der Waals surface area contributed by atoms with Crippen LogP contribution in [0.25, 0.3) is 0 Å². The van der Waals surface area contributed by atoms with Gasteiger partial charge in [-0.3, -0.25) is 14.8 Å². The highest BCUT2D eigenvalue weighted by Crippen LogP contribution is 2.36. The van der Waals surface area contributed by atoms with Gasteiger partial charge < -0.3 is 14.4 Å². The summed E-state index contributed by atoms with van der Waals surface area (Å²) in [5.74, 6) is 2.43. The molecule has 0 bridgehead atoms. The third-order valence-electron chi connectivity index (χ3n) is 6.61. The Hall–Kier alpha value is -2.83. The van der Waals surface area contributed by atoms with Crippen LogP contribution in [0.2, 0.25) is 0 Å². The minimum absolute atomic E-state index is 0.00976. The lowest BCUT2D eigenvalue weighted by atomic mass is 9.79. The third-order valence-corrected chi connectivity index (χ3v) is 6.61. The first-order chi connectivity index (χ1) is 14.7. The molecule has 2 aromatic rings. The number of fused-ring (bicyclic) bond motifs is 2. The van der Waals surface area contributed by atoms with Gasteiger partial charge in [0.15, 0.2) is 11.5 Å². The number of rotatable bonds is 4. The van der Waals surface area contributed by atoms with E-state index in [0.717, 1.165) is 91.7 Å². The second-order valence-corrected chi connectivity index (χ2v) is 8.33. The number of H-pyrrole nitrogens is 1. The number of aromatic amines is 1. The van der Waals surface area contributed by atoms with Crippen molar-refractivity contribution in [3.05, 3.63) is 44.9 Å². The van der Waals surface area contributed by atoms with E-state index in [0.29, 0.717) is 6.42 Å². The van der Waals surface area contributed by atoms with Gasteiger partial charge in [0.1, 0.15) is 0 Å². The molecule has 1 saturated heterocycles. The zero-order valence-corrected chi connectivity index (χ0v) is 17.7. The molecule has 0 amide bonds. The number of aliphatic imine (C=N–C) groups is 1. The maximum Gasteiger partial charge on any atom is 0.255 e. The Kier molecular flexibility index (Phi) is 4.97. The minimum Gasteiger partial charge on any atom is -0.493 e.